The lowest BCUT2D eigenvalue weighted by atomic mass is 10.1. The van der Waals surface area contributed by atoms with Crippen LogP contribution in [0.4, 0.5) is 5.69 Å². The van der Waals surface area contributed by atoms with Gasteiger partial charge in [0.1, 0.15) is 6.33 Å². The number of rotatable bonds is 7. The molecule has 2 aromatic carbocycles. The Balaban J connectivity index is 1.27. The van der Waals surface area contributed by atoms with Crippen molar-refractivity contribution in [3.8, 4) is 0 Å². The molecule has 0 spiro atoms. The number of aryl methyl sites for hydroxylation is 2. The number of hydrogen-bond donors (Lipinski definition) is 1. The summed E-state index contributed by atoms with van der Waals surface area (Å²) in [6, 6.07) is 12.7. The monoisotopic (exact) mass is 435 g/mol. The summed E-state index contributed by atoms with van der Waals surface area (Å²) in [6.07, 6.45) is 2.25. The first kappa shape index (κ1) is 20.8. The van der Waals surface area contributed by atoms with Gasteiger partial charge in [-0.25, -0.2) is 0 Å². The molecule has 0 radical (unpaired) electrons. The van der Waals surface area contributed by atoms with Gasteiger partial charge in [0.15, 0.2) is 5.16 Å². The van der Waals surface area contributed by atoms with Crippen molar-refractivity contribution in [1.29, 1.82) is 0 Å². The van der Waals surface area contributed by atoms with Crippen LogP contribution in [0.5, 0.6) is 0 Å². The summed E-state index contributed by atoms with van der Waals surface area (Å²) >= 11 is 1.48. The highest BCUT2D eigenvalue weighted by molar-refractivity contribution is 7.99. The van der Waals surface area contributed by atoms with Gasteiger partial charge < -0.3 is 9.88 Å². The smallest absolute Gasteiger partial charge is 0.261 e. The lowest BCUT2D eigenvalue weighted by Crippen LogP contribution is -2.31. The highest BCUT2D eigenvalue weighted by Crippen LogP contribution is 2.27. The second kappa shape index (κ2) is 8.73. The van der Waals surface area contributed by atoms with Crippen molar-refractivity contribution in [2.24, 2.45) is 7.05 Å². The highest BCUT2D eigenvalue weighted by Gasteiger charge is 2.34. The van der Waals surface area contributed by atoms with E-state index in [0.717, 1.165) is 15.6 Å². The Morgan fingerprint density at radius 3 is 2.52 bits per heavy atom. The molecule has 31 heavy (non-hydrogen) atoms. The van der Waals surface area contributed by atoms with Crippen molar-refractivity contribution in [2.75, 3.05) is 11.9 Å². The molecule has 2 heterocycles. The molecular weight excluding hydrogens is 414 g/mol. The number of fused-ring (bicyclic) bond motifs is 1. The van der Waals surface area contributed by atoms with Gasteiger partial charge in [-0.15, -0.1) is 10.2 Å². The summed E-state index contributed by atoms with van der Waals surface area (Å²) in [5.74, 6) is -0.752. The third-order valence-corrected chi connectivity index (χ3v) is 5.99. The van der Waals surface area contributed by atoms with Gasteiger partial charge >= 0.3 is 0 Å². The molecule has 8 nitrogen and oxygen atoms in total. The molecule has 0 atom stereocenters. The Labute approximate surface area is 183 Å². The Morgan fingerprint density at radius 2 is 1.81 bits per heavy atom. The molecule has 1 aliphatic heterocycles. The maximum absolute atomic E-state index is 12.5. The minimum absolute atomic E-state index is 0.166. The molecule has 3 amide bonds. The Bertz CT molecular complexity index is 1160. The van der Waals surface area contributed by atoms with Gasteiger partial charge in [0.2, 0.25) is 5.91 Å². The number of hydrogen-bond acceptors (Lipinski definition) is 6. The van der Waals surface area contributed by atoms with E-state index >= 15 is 0 Å². The van der Waals surface area contributed by atoms with Crippen molar-refractivity contribution in [3.63, 3.8) is 0 Å². The molecule has 0 unspecified atom stereocenters. The summed E-state index contributed by atoms with van der Waals surface area (Å²) in [4.78, 5) is 39.4. The molecule has 158 valence electrons. The van der Waals surface area contributed by atoms with Crippen molar-refractivity contribution in [3.05, 3.63) is 65.5 Å². The van der Waals surface area contributed by atoms with Crippen LogP contribution in [0.2, 0.25) is 0 Å². The summed E-state index contributed by atoms with van der Waals surface area (Å²) in [5, 5.41) is 11.5. The van der Waals surface area contributed by atoms with E-state index in [0.29, 0.717) is 23.2 Å². The number of anilines is 1. The maximum atomic E-state index is 12.5. The van der Waals surface area contributed by atoms with Crippen LogP contribution < -0.4 is 5.32 Å². The summed E-state index contributed by atoms with van der Waals surface area (Å²) < 4.78 is 1.83. The Kier molecular flexibility index (Phi) is 5.85. The van der Waals surface area contributed by atoms with Gasteiger partial charge in [-0.2, -0.15) is 0 Å². The number of nitrogens with one attached hydrogen (secondary N) is 1. The van der Waals surface area contributed by atoms with Crippen molar-refractivity contribution in [1.82, 2.24) is 19.7 Å². The molecule has 1 aliphatic rings. The molecule has 3 aromatic rings. The van der Waals surface area contributed by atoms with Crippen molar-refractivity contribution < 1.29 is 14.4 Å². The first-order valence-electron chi connectivity index (χ1n) is 9.81. The molecule has 4 rings (SSSR count). The lowest BCUT2D eigenvalue weighted by Gasteiger charge is -2.13. The average molecular weight is 436 g/mol. The van der Waals surface area contributed by atoms with Crippen LogP contribution in [0.3, 0.4) is 0 Å². The second-order valence-electron chi connectivity index (χ2n) is 7.31. The third-order valence-electron chi connectivity index (χ3n) is 4.93. The average Bonchev–Trinajstić information content (AvgIpc) is 3.25. The first-order valence-corrected chi connectivity index (χ1v) is 10.6. The fourth-order valence-corrected chi connectivity index (χ4v) is 4.07. The molecule has 0 saturated carbocycles. The highest BCUT2D eigenvalue weighted by atomic mass is 32.2. The number of carbonyl (C=O) groups excluding carboxylic acids is 3. The second-order valence-corrected chi connectivity index (χ2v) is 8.35. The van der Waals surface area contributed by atoms with E-state index in [1.165, 1.54) is 16.7 Å². The predicted octanol–water partition coefficient (Wildman–Crippen LogP) is 3.29. The SMILES string of the molecule is Cc1ccc2c(c1)C(=O)N(CCCC(=O)Nc1ccc(Sc3nncn3C)cc1)C2=O. The maximum Gasteiger partial charge on any atom is 0.261 e. The fourth-order valence-electron chi connectivity index (χ4n) is 3.31. The van der Waals surface area contributed by atoms with Crippen LogP contribution in [-0.2, 0) is 11.8 Å². The zero-order valence-electron chi connectivity index (χ0n) is 17.2. The molecule has 1 aromatic heterocycles. The number of imide groups is 1. The quantitative estimate of drug-likeness (QED) is 0.572. The number of aromatic nitrogens is 3. The molecule has 0 bridgehead atoms. The minimum atomic E-state index is -0.295. The van der Waals surface area contributed by atoms with Crippen LogP contribution in [0.1, 0.15) is 39.1 Å². The number of nitrogens with zero attached hydrogens (tertiary/aromatic N) is 4. The largest absolute Gasteiger partial charge is 0.326 e. The van der Waals surface area contributed by atoms with Crippen LogP contribution in [0.15, 0.2) is 58.8 Å². The normalized spacial score (nSPS) is 12.9. The topological polar surface area (TPSA) is 97.2 Å². The molecule has 0 aliphatic carbocycles. The van der Waals surface area contributed by atoms with Gasteiger partial charge in [0, 0.05) is 30.6 Å². The zero-order chi connectivity index (χ0) is 22.0. The van der Waals surface area contributed by atoms with E-state index in [1.54, 1.807) is 18.5 Å². The van der Waals surface area contributed by atoms with E-state index < -0.39 is 0 Å². The van der Waals surface area contributed by atoms with Crippen molar-refractivity contribution in [2.45, 2.75) is 29.8 Å². The first-order chi connectivity index (χ1) is 14.9. The molecule has 0 fully saturated rings. The fraction of sp³-hybridized carbons (Fsp3) is 0.227. The summed E-state index contributed by atoms with van der Waals surface area (Å²) in [5.41, 5.74) is 2.48. The van der Waals surface area contributed by atoms with Gasteiger partial charge in [0.25, 0.3) is 11.8 Å². The summed E-state index contributed by atoms with van der Waals surface area (Å²) in [6.45, 7) is 2.10. The van der Waals surface area contributed by atoms with Crippen LogP contribution >= 0.6 is 11.8 Å². The Morgan fingerprint density at radius 1 is 1.06 bits per heavy atom. The molecule has 1 N–H and O–H groups in total. The summed E-state index contributed by atoms with van der Waals surface area (Å²) in [7, 11) is 1.87. The van der Waals surface area contributed by atoms with Crippen LogP contribution in [0, 0.1) is 6.92 Å². The van der Waals surface area contributed by atoms with Gasteiger partial charge in [-0.1, -0.05) is 11.6 Å². The Hall–Kier alpha value is -3.46. The third kappa shape index (κ3) is 4.51. The standard InChI is InChI=1S/C22H21N5O3S/c1-14-5-10-17-18(12-14)21(30)27(20(17)29)11-3-4-19(28)24-15-6-8-16(9-7-15)31-22-25-23-13-26(22)2/h5-10,12-13H,3-4,11H2,1-2H3,(H,24,28). The predicted molar refractivity (Wildman–Crippen MR) is 116 cm³/mol. The van der Waals surface area contributed by atoms with Crippen LogP contribution in [-0.4, -0.2) is 43.9 Å². The van der Waals surface area contributed by atoms with Crippen LogP contribution in [0.25, 0.3) is 0 Å². The van der Waals surface area contributed by atoms with E-state index in [2.05, 4.69) is 15.5 Å². The molecule has 9 heteroatoms. The molecule has 0 saturated heterocycles. The number of carbonyl (C=O) groups is 3. The van der Waals surface area contributed by atoms with E-state index in [-0.39, 0.29) is 30.7 Å². The zero-order valence-corrected chi connectivity index (χ0v) is 18.0. The molecular formula is C22H21N5O3S. The number of benzene rings is 2. The minimum Gasteiger partial charge on any atom is -0.326 e. The van der Waals surface area contributed by atoms with Gasteiger partial charge in [0.05, 0.1) is 11.1 Å². The van der Waals surface area contributed by atoms with E-state index in [9.17, 15) is 14.4 Å². The van der Waals surface area contributed by atoms with Gasteiger partial charge in [-0.3, -0.25) is 19.3 Å². The van der Waals surface area contributed by atoms with Gasteiger partial charge in [-0.05, 0) is 61.5 Å². The number of amides is 3. The lowest BCUT2D eigenvalue weighted by molar-refractivity contribution is -0.116. The van der Waals surface area contributed by atoms with Crippen molar-refractivity contribution >= 4 is 35.2 Å². The van der Waals surface area contributed by atoms with E-state index in [4.69, 9.17) is 0 Å². The van der Waals surface area contributed by atoms with E-state index in [1.807, 2.05) is 48.9 Å².